The van der Waals surface area contributed by atoms with E-state index in [4.69, 9.17) is 0 Å². The van der Waals surface area contributed by atoms with Crippen LogP contribution in [-0.2, 0) is 4.79 Å². The van der Waals surface area contributed by atoms with Crippen LogP contribution in [0.2, 0.25) is 0 Å². The van der Waals surface area contributed by atoms with Gasteiger partial charge in [0.05, 0.1) is 11.3 Å². The predicted molar refractivity (Wildman–Crippen MR) is 94.8 cm³/mol. The first-order chi connectivity index (χ1) is 11.3. The quantitative estimate of drug-likeness (QED) is 0.629. The summed E-state index contributed by atoms with van der Waals surface area (Å²) in [6.07, 6.45) is 4.65. The molecule has 0 bridgehead atoms. The average Bonchev–Trinajstić information content (AvgIpc) is 3.06. The zero-order valence-corrected chi connectivity index (χ0v) is 14.2. The first-order valence-corrected chi connectivity index (χ1v) is 9.17. The summed E-state index contributed by atoms with van der Waals surface area (Å²) in [5, 5.41) is 8.02. The first-order valence-electron chi connectivity index (χ1n) is 8.19. The zero-order chi connectivity index (χ0) is 16.1. The number of nitrogens with zero attached hydrogens (tertiary/aromatic N) is 2. The van der Waals surface area contributed by atoms with Gasteiger partial charge in [0, 0.05) is 18.0 Å². The number of carbonyl (C=O) groups is 1. The highest BCUT2D eigenvalue weighted by Crippen LogP contribution is 2.24. The van der Waals surface area contributed by atoms with Gasteiger partial charge in [-0.2, -0.15) is 0 Å². The van der Waals surface area contributed by atoms with Crippen LogP contribution in [0.5, 0.6) is 0 Å². The number of anilines is 1. The highest BCUT2D eigenvalue weighted by molar-refractivity contribution is 7.99. The van der Waals surface area contributed by atoms with Crippen molar-refractivity contribution in [1.82, 2.24) is 15.3 Å². The van der Waals surface area contributed by atoms with Gasteiger partial charge in [0.2, 0.25) is 5.91 Å². The number of fused-ring (bicyclic) bond motifs is 1. The Morgan fingerprint density at radius 3 is 2.83 bits per heavy atom. The van der Waals surface area contributed by atoms with E-state index in [1.807, 2.05) is 31.2 Å². The maximum Gasteiger partial charge on any atom is 0.230 e. The van der Waals surface area contributed by atoms with Gasteiger partial charge in [-0.25, -0.2) is 9.97 Å². The van der Waals surface area contributed by atoms with Crippen molar-refractivity contribution in [2.24, 2.45) is 0 Å². The van der Waals surface area contributed by atoms with Gasteiger partial charge in [-0.05, 0) is 31.9 Å². The lowest BCUT2D eigenvalue weighted by molar-refractivity contribution is -0.119. The molecule has 0 spiro atoms. The molecule has 1 aliphatic rings. The van der Waals surface area contributed by atoms with Gasteiger partial charge in [0.25, 0.3) is 0 Å². The lowest BCUT2D eigenvalue weighted by Crippen LogP contribution is -2.33. The van der Waals surface area contributed by atoms with Crippen molar-refractivity contribution in [3.8, 4) is 0 Å². The Bertz CT molecular complexity index is 685. The molecule has 3 rings (SSSR count). The Morgan fingerprint density at radius 2 is 2.04 bits per heavy atom. The largest absolute Gasteiger partial charge is 0.370 e. The number of aromatic nitrogens is 2. The van der Waals surface area contributed by atoms with Gasteiger partial charge in [-0.1, -0.05) is 36.7 Å². The molecule has 1 aliphatic carbocycles. The Balaban J connectivity index is 1.68. The maximum absolute atomic E-state index is 12.0. The summed E-state index contributed by atoms with van der Waals surface area (Å²) < 4.78 is 0. The molecule has 0 saturated heterocycles. The van der Waals surface area contributed by atoms with E-state index in [2.05, 4.69) is 20.6 Å². The topological polar surface area (TPSA) is 66.9 Å². The van der Waals surface area contributed by atoms with Gasteiger partial charge >= 0.3 is 0 Å². The molecule has 0 aliphatic heterocycles. The van der Waals surface area contributed by atoms with E-state index in [0.717, 1.165) is 36.1 Å². The predicted octanol–water partition coefficient (Wildman–Crippen LogP) is 3.21. The molecule has 122 valence electrons. The van der Waals surface area contributed by atoms with Crippen LogP contribution in [0, 0.1) is 0 Å². The molecule has 6 heteroatoms. The van der Waals surface area contributed by atoms with Crippen molar-refractivity contribution in [2.75, 3.05) is 17.6 Å². The molecular weight excluding hydrogens is 308 g/mol. The molecule has 1 aromatic heterocycles. The lowest BCUT2D eigenvalue weighted by atomic mass is 10.2. The van der Waals surface area contributed by atoms with Crippen LogP contribution in [0.4, 0.5) is 5.82 Å². The standard InChI is InChI=1S/C17H22N4OS/c1-2-18-16-13-9-5-6-10-14(13)20-17(21-16)23-11-15(22)19-12-7-3-4-8-12/h5-6,9-10,12H,2-4,7-8,11H2,1H3,(H,19,22)(H,18,20,21). The molecule has 1 saturated carbocycles. The fourth-order valence-electron chi connectivity index (χ4n) is 2.89. The SMILES string of the molecule is CCNc1nc(SCC(=O)NC2CCCC2)nc2ccccc12. The summed E-state index contributed by atoms with van der Waals surface area (Å²) in [5.74, 6) is 1.26. The molecule has 1 fully saturated rings. The summed E-state index contributed by atoms with van der Waals surface area (Å²) in [4.78, 5) is 21.2. The summed E-state index contributed by atoms with van der Waals surface area (Å²) in [6.45, 7) is 2.84. The number of para-hydroxylation sites is 1. The van der Waals surface area contributed by atoms with E-state index in [1.54, 1.807) is 0 Å². The van der Waals surface area contributed by atoms with E-state index >= 15 is 0 Å². The second-order valence-corrected chi connectivity index (χ2v) is 6.68. The van der Waals surface area contributed by atoms with Crippen molar-refractivity contribution in [1.29, 1.82) is 0 Å². The smallest absolute Gasteiger partial charge is 0.230 e. The lowest BCUT2D eigenvalue weighted by Gasteiger charge is -2.12. The minimum Gasteiger partial charge on any atom is -0.370 e. The number of carbonyl (C=O) groups excluding carboxylic acids is 1. The van der Waals surface area contributed by atoms with E-state index in [9.17, 15) is 4.79 Å². The molecular formula is C17H22N4OS. The molecule has 0 atom stereocenters. The second-order valence-electron chi connectivity index (χ2n) is 5.74. The molecule has 23 heavy (non-hydrogen) atoms. The Labute approximate surface area is 140 Å². The highest BCUT2D eigenvalue weighted by atomic mass is 32.2. The number of thioether (sulfide) groups is 1. The average molecular weight is 330 g/mol. The van der Waals surface area contributed by atoms with Crippen molar-refractivity contribution < 1.29 is 4.79 Å². The molecule has 1 aromatic carbocycles. The van der Waals surface area contributed by atoms with Crippen molar-refractivity contribution in [3.05, 3.63) is 24.3 Å². The minimum atomic E-state index is 0.0728. The fourth-order valence-corrected chi connectivity index (χ4v) is 3.55. The minimum absolute atomic E-state index is 0.0728. The molecule has 5 nitrogen and oxygen atoms in total. The third-order valence-electron chi connectivity index (χ3n) is 3.98. The van der Waals surface area contributed by atoms with Gasteiger partial charge in [-0.15, -0.1) is 0 Å². The molecule has 1 amide bonds. The van der Waals surface area contributed by atoms with Crippen molar-refractivity contribution in [2.45, 2.75) is 43.8 Å². The van der Waals surface area contributed by atoms with Gasteiger partial charge < -0.3 is 10.6 Å². The summed E-state index contributed by atoms with van der Waals surface area (Å²) in [6, 6.07) is 8.29. The van der Waals surface area contributed by atoms with Crippen LogP contribution in [0.15, 0.2) is 29.4 Å². The van der Waals surface area contributed by atoms with Gasteiger partial charge in [-0.3, -0.25) is 4.79 Å². The van der Waals surface area contributed by atoms with E-state index < -0.39 is 0 Å². The Morgan fingerprint density at radius 1 is 1.26 bits per heavy atom. The van der Waals surface area contributed by atoms with Crippen molar-refractivity contribution in [3.63, 3.8) is 0 Å². The molecule has 1 heterocycles. The van der Waals surface area contributed by atoms with Crippen LogP contribution in [0.25, 0.3) is 10.9 Å². The fraction of sp³-hybridized carbons (Fsp3) is 0.471. The number of amides is 1. The molecule has 2 aromatic rings. The van der Waals surface area contributed by atoms with Crippen LogP contribution in [0.3, 0.4) is 0 Å². The van der Waals surface area contributed by atoms with Gasteiger partial charge in [0.15, 0.2) is 5.16 Å². The third kappa shape index (κ3) is 4.13. The number of benzene rings is 1. The summed E-state index contributed by atoms with van der Waals surface area (Å²) >= 11 is 1.39. The third-order valence-corrected chi connectivity index (χ3v) is 4.83. The Hall–Kier alpha value is -1.82. The van der Waals surface area contributed by atoms with Crippen LogP contribution in [0.1, 0.15) is 32.6 Å². The van der Waals surface area contributed by atoms with Crippen molar-refractivity contribution >= 4 is 34.4 Å². The normalized spacial score (nSPS) is 15.0. The molecule has 0 unspecified atom stereocenters. The van der Waals surface area contributed by atoms with Crippen LogP contribution in [-0.4, -0.2) is 34.2 Å². The van der Waals surface area contributed by atoms with Crippen LogP contribution >= 0.6 is 11.8 Å². The maximum atomic E-state index is 12.0. The Kier molecular flexibility index (Phi) is 5.33. The summed E-state index contributed by atoms with van der Waals surface area (Å²) in [7, 11) is 0. The van der Waals surface area contributed by atoms with E-state index in [0.29, 0.717) is 17.0 Å². The number of hydrogen-bond donors (Lipinski definition) is 2. The first kappa shape index (κ1) is 16.1. The monoisotopic (exact) mass is 330 g/mol. The molecule has 0 radical (unpaired) electrons. The second kappa shape index (κ2) is 7.64. The summed E-state index contributed by atoms with van der Waals surface area (Å²) in [5.41, 5.74) is 0.900. The number of rotatable bonds is 6. The molecule has 2 N–H and O–H groups in total. The number of nitrogens with one attached hydrogen (secondary N) is 2. The van der Waals surface area contributed by atoms with Gasteiger partial charge in [0.1, 0.15) is 5.82 Å². The van der Waals surface area contributed by atoms with Crippen LogP contribution < -0.4 is 10.6 Å². The van der Waals surface area contributed by atoms with E-state index in [-0.39, 0.29) is 5.91 Å². The zero-order valence-electron chi connectivity index (χ0n) is 13.3. The van der Waals surface area contributed by atoms with E-state index in [1.165, 1.54) is 24.6 Å². The highest BCUT2D eigenvalue weighted by Gasteiger charge is 2.17. The number of hydrogen-bond acceptors (Lipinski definition) is 5.